The third-order valence-corrected chi connectivity index (χ3v) is 7.18. The highest BCUT2D eigenvalue weighted by molar-refractivity contribution is 4.66. The lowest BCUT2D eigenvalue weighted by Gasteiger charge is -2.28. The van der Waals surface area contributed by atoms with E-state index in [-0.39, 0.29) is 0 Å². The van der Waals surface area contributed by atoms with Gasteiger partial charge in [0, 0.05) is 13.1 Å². The van der Waals surface area contributed by atoms with Crippen molar-refractivity contribution in [3.63, 3.8) is 0 Å². The zero-order chi connectivity index (χ0) is 30.9. The van der Waals surface area contributed by atoms with Crippen LogP contribution in [0.15, 0.2) is 0 Å². The van der Waals surface area contributed by atoms with E-state index in [9.17, 15) is 0 Å². The van der Waals surface area contributed by atoms with Gasteiger partial charge in [-0.15, -0.1) is 0 Å². The molecular weight excluding hydrogens is 474 g/mol. The van der Waals surface area contributed by atoms with Gasteiger partial charge in [-0.05, 0) is 88.6 Å². The van der Waals surface area contributed by atoms with Crippen molar-refractivity contribution in [2.45, 2.75) is 161 Å². The minimum atomic E-state index is 0.793. The van der Waals surface area contributed by atoms with Crippen LogP contribution in [0.4, 0.5) is 0 Å². The minimum absolute atomic E-state index is 0.793. The molecule has 0 bridgehead atoms. The largest absolute Gasteiger partial charge is 0.316 e. The summed E-state index contributed by atoms with van der Waals surface area (Å²) in [6, 6.07) is 0. The maximum absolute atomic E-state index is 3.39. The van der Waals surface area contributed by atoms with Crippen molar-refractivity contribution < 1.29 is 0 Å². The number of nitrogens with one attached hydrogen (secondary N) is 1. The lowest BCUT2D eigenvalue weighted by molar-refractivity contribution is 0.192. The number of unbranched alkanes of at least 4 members (excludes halogenated alkanes) is 3. The van der Waals surface area contributed by atoms with Crippen molar-refractivity contribution in [2.75, 3.05) is 52.4 Å². The Morgan fingerprint density at radius 3 is 1.28 bits per heavy atom. The molecule has 0 aliphatic heterocycles. The van der Waals surface area contributed by atoms with E-state index < -0.39 is 0 Å². The van der Waals surface area contributed by atoms with E-state index in [1.807, 2.05) is 13.8 Å². The molecule has 0 saturated heterocycles. The number of hydrogen-bond donors (Lipinski definition) is 1. The van der Waals surface area contributed by atoms with Crippen molar-refractivity contribution in [3.8, 4) is 0 Å². The molecule has 2 unspecified atom stereocenters. The van der Waals surface area contributed by atoms with Gasteiger partial charge in [0.05, 0.1) is 0 Å². The van der Waals surface area contributed by atoms with Gasteiger partial charge in [0.15, 0.2) is 0 Å². The third-order valence-electron chi connectivity index (χ3n) is 7.18. The van der Waals surface area contributed by atoms with Crippen molar-refractivity contribution in [3.05, 3.63) is 0 Å². The molecule has 0 amide bonds. The van der Waals surface area contributed by atoms with Crippen molar-refractivity contribution in [1.82, 2.24) is 15.1 Å². The highest BCUT2D eigenvalue weighted by Gasteiger charge is 2.11. The first-order valence-corrected chi connectivity index (χ1v) is 17.8. The lowest BCUT2D eigenvalue weighted by atomic mass is 10.1. The number of nitrogens with zero attached hydrogens (tertiary/aromatic N) is 2. The summed E-state index contributed by atoms with van der Waals surface area (Å²) in [4.78, 5) is 5.43. The van der Waals surface area contributed by atoms with E-state index in [0.29, 0.717) is 0 Å². The highest BCUT2D eigenvalue weighted by Crippen LogP contribution is 2.09. The van der Waals surface area contributed by atoms with E-state index in [0.717, 1.165) is 23.7 Å². The molecule has 0 rings (SSSR count). The molecule has 0 aromatic carbocycles. The monoisotopic (exact) mass is 558 g/mol. The summed E-state index contributed by atoms with van der Waals surface area (Å²) >= 11 is 0. The standard InChI is InChI=1S/C21H46N2.C8H19N.C5H12.C2H6/c1-7-11-12-15-23(19-21(6)10-4)17-13-16-22(14-8-2)18-20(5)9-3;1-4-5-6-9-7-8(2)3;1-4-5(2)3;1-2/h20-21H,7-19H2,1-6H3;8-9H,4-7H2,1-3H3;5H,4H2,1-3H3;1-2H3. The number of hydrogen-bond acceptors (Lipinski definition) is 3. The molecule has 0 aliphatic rings. The second kappa shape index (κ2) is 37.9. The molecule has 0 heterocycles. The second-order valence-electron chi connectivity index (χ2n) is 12.4. The summed E-state index contributed by atoms with van der Waals surface area (Å²) < 4.78 is 0. The minimum Gasteiger partial charge on any atom is -0.316 e. The van der Waals surface area contributed by atoms with Crippen LogP contribution < -0.4 is 5.32 Å². The van der Waals surface area contributed by atoms with E-state index in [1.54, 1.807) is 0 Å². The van der Waals surface area contributed by atoms with Crippen molar-refractivity contribution in [1.29, 1.82) is 0 Å². The van der Waals surface area contributed by atoms with Gasteiger partial charge in [0.2, 0.25) is 0 Å². The zero-order valence-corrected chi connectivity index (χ0v) is 30.4. The molecular formula is C36H83N3. The van der Waals surface area contributed by atoms with Gasteiger partial charge in [-0.3, -0.25) is 0 Å². The summed E-state index contributed by atoms with van der Waals surface area (Å²) in [5, 5.41) is 3.39. The van der Waals surface area contributed by atoms with Crippen LogP contribution in [0.25, 0.3) is 0 Å². The number of rotatable bonds is 22. The van der Waals surface area contributed by atoms with Gasteiger partial charge in [-0.2, -0.15) is 0 Å². The predicted octanol–water partition coefficient (Wildman–Crippen LogP) is 10.8. The van der Waals surface area contributed by atoms with Gasteiger partial charge in [-0.25, -0.2) is 0 Å². The van der Waals surface area contributed by atoms with E-state index in [4.69, 9.17) is 0 Å². The Labute approximate surface area is 252 Å². The molecule has 3 nitrogen and oxygen atoms in total. The molecule has 0 aliphatic carbocycles. The topological polar surface area (TPSA) is 18.5 Å². The fourth-order valence-corrected chi connectivity index (χ4v) is 3.84. The van der Waals surface area contributed by atoms with Crippen LogP contribution in [0.3, 0.4) is 0 Å². The molecule has 0 aromatic heterocycles. The maximum Gasteiger partial charge on any atom is 0.000693 e. The van der Waals surface area contributed by atoms with Gasteiger partial charge in [0.1, 0.15) is 0 Å². The Kier molecular flexibility index (Phi) is 44.5. The zero-order valence-electron chi connectivity index (χ0n) is 30.4. The fraction of sp³-hybridized carbons (Fsp3) is 1.00. The molecule has 3 heteroatoms. The highest BCUT2D eigenvalue weighted by atomic mass is 15.1. The Bertz CT molecular complexity index is 397. The summed E-state index contributed by atoms with van der Waals surface area (Å²) in [5.74, 6) is 3.35. The van der Waals surface area contributed by atoms with Crippen LogP contribution in [-0.4, -0.2) is 62.2 Å². The Balaban J connectivity index is -0.000000313. The fourth-order valence-electron chi connectivity index (χ4n) is 3.84. The Morgan fingerprint density at radius 2 is 0.923 bits per heavy atom. The van der Waals surface area contributed by atoms with Crippen molar-refractivity contribution >= 4 is 0 Å². The summed E-state index contributed by atoms with van der Waals surface area (Å²) in [6.07, 6.45) is 13.2. The molecule has 0 radical (unpaired) electrons. The molecule has 0 fully saturated rings. The normalized spacial score (nSPS) is 12.5. The average molecular weight is 558 g/mol. The summed E-state index contributed by atoms with van der Waals surface area (Å²) in [5.41, 5.74) is 0. The SMILES string of the molecule is CC.CCC(C)C.CCCCCN(CCCN(CCC)CC(C)CC)CC(C)CC.CCCCNCC(C)C. The van der Waals surface area contributed by atoms with Crippen LogP contribution in [0.1, 0.15) is 161 Å². The first-order chi connectivity index (χ1) is 18.6. The van der Waals surface area contributed by atoms with Crippen LogP contribution in [-0.2, 0) is 0 Å². The molecule has 2 atom stereocenters. The van der Waals surface area contributed by atoms with Crippen molar-refractivity contribution in [2.24, 2.45) is 23.7 Å². The molecule has 0 saturated carbocycles. The van der Waals surface area contributed by atoms with Gasteiger partial charge >= 0.3 is 0 Å². The van der Waals surface area contributed by atoms with Crippen LogP contribution >= 0.6 is 0 Å². The van der Waals surface area contributed by atoms with Gasteiger partial charge < -0.3 is 15.1 Å². The van der Waals surface area contributed by atoms with E-state index in [1.165, 1.54) is 117 Å². The first kappa shape index (κ1) is 45.9. The maximum atomic E-state index is 3.39. The first-order valence-electron chi connectivity index (χ1n) is 17.8. The third kappa shape index (κ3) is 42.5. The summed E-state index contributed by atoms with van der Waals surface area (Å²) in [7, 11) is 0. The van der Waals surface area contributed by atoms with Crippen LogP contribution in [0.2, 0.25) is 0 Å². The Morgan fingerprint density at radius 1 is 0.487 bits per heavy atom. The van der Waals surface area contributed by atoms with Crippen LogP contribution in [0.5, 0.6) is 0 Å². The van der Waals surface area contributed by atoms with Gasteiger partial charge in [0.25, 0.3) is 0 Å². The molecule has 242 valence electrons. The molecule has 0 spiro atoms. The van der Waals surface area contributed by atoms with Crippen LogP contribution in [0, 0.1) is 23.7 Å². The van der Waals surface area contributed by atoms with E-state index in [2.05, 4.69) is 98.2 Å². The molecule has 0 aromatic rings. The molecule has 1 N–H and O–H groups in total. The lowest BCUT2D eigenvalue weighted by Crippen LogP contribution is -2.35. The van der Waals surface area contributed by atoms with E-state index >= 15 is 0 Å². The predicted molar refractivity (Wildman–Crippen MR) is 185 cm³/mol. The summed E-state index contributed by atoms with van der Waals surface area (Å²) in [6.45, 7) is 41.4. The quantitative estimate of drug-likeness (QED) is 0.134. The molecule has 39 heavy (non-hydrogen) atoms. The average Bonchev–Trinajstić information content (AvgIpc) is 2.92. The van der Waals surface area contributed by atoms with Gasteiger partial charge in [-0.1, -0.05) is 135 Å². The smallest absolute Gasteiger partial charge is 0.000693 e. The second-order valence-corrected chi connectivity index (χ2v) is 12.4. The Hall–Kier alpha value is -0.120.